The maximum Gasteiger partial charge on any atom is 0.263 e. The Morgan fingerprint density at radius 2 is 2.10 bits per heavy atom. The zero-order valence-corrected chi connectivity index (χ0v) is 14.7. The fraction of sp³-hybridized carbons (Fsp3) is 0.533. The molecule has 0 aromatic heterocycles. The number of hydrogen-bond acceptors (Lipinski definition) is 3. The van der Waals surface area contributed by atoms with Crippen molar-refractivity contribution in [3.8, 4) is 5.75 Å². The fourth-order valence-electron chi connectivity index (χ4n) is 2.34. The van der Waals surface area contributed by atoms with E-state index in [1.807, 2.05) is 4.90 Å². The van der Waals surface area contributed by atoms with Crippen LogP contribution >= 0.6 is 27.5 Å². The molecule has 0 bridgehead atoms. The molecule has 2 rings (SSSR count). The van der Waals surface area contributed by atoms with Crippen LogP contribution in [0.2, 0.25) is 5.02 Å². The second kappa shape index (κ2) is 7.47. The molecule has 1 unspecified atom stereocenters. The van der Waals surface area contributed by atoms with E-state index in [-0.39, 0.29) is 5.91 Å². The summed E-state index contributed by atoms with van der Waals surface area (Å²) in [7, 11) is 2.08. The molecule has 1 aromatic carbocycles. The van der Waals surface area contributed by atoms with E-state index >= 15 is 0 Å². The van der Waals surface area contributed by atoms with Crippen molar-refractivity contribution in [2.45, 2.75) is 19.4 Å². The molecule has 21 heavy (non-hydrogen) atoms. The van der Waals surface area contributed by atoms with Crippen molar-refractivity contribution < 1.29 is 9.53 Å². The van der Waals surface area contributed by atoms with Gasteiger partial charge < -0.3 is 14.5 Å². The molecular formula is C15H20BrClN2O2. The van der Waals surface area contributed by atoms with Gasteiger partial charge in [-0.2, -0.15) is 0 Å². The Morgan fingerprint density at radius 1 is 1.33 bits per heavy atom. The number of halogens is 2. The van der Waals surface area contributed by atoms with Crippen molar-refractivity contribution in [2.24, 2.45) is 0 Å². The van der Waals surface area contributed by atoms with Crippen LogP contribution in [0.15, 0.2) is 22.7 Å². The normalized spacial score (nSPS) is 18.2. The minimum Gasteiger partial charge on any atom is -0.480 e. The number of carbonyl (C=O) groups excluding carboxylic acids is 1. The molecule has 1 heterocycles. The topological polar surface area (TPSA) is 32.8 Å². The Bertz CT molecular complexity index is 512. The molecule has 0 spiro atoms. The first-order valence-electron chi connectivity index (χ1n) is 7.06. The molecule has 6 heteroatoms. The highest BCUT2D eigenvalue weighted by atomic mass is 79.9. The van der Waals surface area contributed by atoms with Gasteiger partial charge in [0.25, 0.3) is 5.91 Å². The third-order valence-corrected chi connectivity index (χ3v) is 4.43. The predicted octanol–water partition coefficient (Wildman–Crippen LogP) is 3.03. The van der Waals surface area contributed by atoms with Crippen molar-refractivity contribution in [3.63, 3.8) is 0 Å². The van der Waals surface area contributed by atoms with E-state index in [2.05, 4.69) is 27.9 Å². The van der Waals surface area contributed by atoms with Crippen LogP contribution in [0.1, 0.15) is 13.3 Å². The smallest absolute Gasteiger partial charge is 0.263 e. The molecule has 1 atom stereocenters. The monoisotopic (exact) mass is 374 g/mol. The molecule has 0 saturated carbocycles. The lowest BCUT2D eigenvalue weighted by atomic mass is 10.3. The number of benzene rings is 1. The molecule has 1 fully saturated rings. The summed E-state index contributed by atoms with van der Waals surface area (Å²) < 4.78 is 6.53. The third-order valence-electron chi connectivity index (χ3n) is 3.58. The van der Waals surface area contributed by atoms with Gasteiger partial charge in [0.15, 0.2) is 6.10 Å². The number of rotatable bonds is 3. The summed E-state index contributed by atoms with van der Waals surface area (Å²) >= 11 is 9.30. The minimum absolute atomic E-state index is 0.0344. The van der Waals surface area contributed by atoms with Crippen LogP contribution in [-0.4, -0.2) is 55.0 Å². The van der Waals surface area contributed by atoms with Gasteiger partial charge in [-0.15, -0.1) is 0 Å². The van der Waals surface area contributed by atoms with Crippen molar-refractivity contribution in [3.05, 3.63) is 27.7 Å². The molecule has 0 radical (unpaired) electrons. The Labute approximate surface area is 139 Å². The maximum absolute atomic E-state index is 12.5. The number of likely N-dealkylation sites (N-methyl/N-ethyl adjacent to an activating group) is 1. The van der Waals surface area contributed by atoms with Gasteiger partial charge in [-0.05, 0) is 61.1 Å². The van der Waals surface area contributed by atoms with Crippen LogP contribution < -0.4 is 4.74 Å². The molecule has 4 nitrogen and oxygen atoms in total. The van der Waals surface area contributed by atoms with E-state index in [0.717, 1.165) is 37.1 Å². The van der Waals surface area contributed by atoms with Crippen LogP contribution in [0.4, 0.5) is 0 Å². The summed E-state index contributed by atoms with van der Waals surface area (Å²) in [6, 6.07) is 5.28. The van der Waals surface area contributed by atoms with E-state index in [1.54, 1.807) is 25.1 Å². The molecule has 0 aliphatic carbocycles. The lowest BCUT2D eigenvalue weighted by Gasteiger charge is -2.25. The van der Waals surface area contributed by atoms with Gasteiger partial charge in [-0.3, -0.25) is 4.79 Å². The fourth-order valence-corrected chi connectivity index (χ4v) is 3.11. The molecule has 1 aliphatic heterocycles. The van der Waals surface area contributed by atoms with Crippen molar-refractivity contribution >= 4 is 33.4 Å². The Kier molecular flexibility index (Phi) is 5.90. The first-order valence-corrected chi connectivity index (χ1v) is 8.23. The number of nitrogens with zero attached hydrogens (tertiary/aromatic N) is 2. The first-order chi connectivity index (χ1) is 9.97. The molecule has 116 valence electrons. The van der Waals surface area contributed by atoms with E-state index in [1.165, 1.54) is 0 Å². The van der Waals surface area contributed by atoms with Crippen molar-refractivity contribution in [2.75, 3.05) is 33.2 Å². The summed E-state index contributed by atoms with van der Waals surface area (Å²) in [4.78, 5) is 16.6. The van der Waals surface area contributed by atoms with Crippen LogP contribution in [0, 0.1) is 0 Å². The van der Waals surface area contributed by atoms with Gasteiger partial charge >= 0.3 is 0 Å². The largest absolute Gasteiger partial charge is 0.480 e. The minimum atomic E-state index is -0.508. The van der Waals surface area contributed by atoms with Gasteiger partial charge in [0.1, 0.15) is 5.75 Å². The average molecular weight is 376 g/mol. The number of ether oxygens (including phenoxy) is 1. The summed E-state index contributed by atoms with van der Waals surface area (Å²) in [6.45, 7) is 5.27. The number of carbonyl (C=O) groups is 1. The van der Waals surface area contributed by atoms with Crippen molar-refractivity contribution in [1.29, 1.82) is 0 Å². The summed E-state index contributed by atoms with van der Waals surface area (Å²) in [5.74, 6) is 0.666. The Morgan fingerprint density at radius 3 is 2.81 bits per heavy atom. The van der Waals surface area contributed by atoms with E-state index in [9.17, 15) is 4.79 Å². The van der Waals surface area contributed by atoms with E-state index in [4.69, 9.17) is 16.3 Å². The summed E-state index contributed by atoms with van der Waals surface area (Å²) in [5, 5.41) is 0.628. The molecule has 1 saturated heterocycles. The van der Waals surface area contributed by atoms with Gasteiger partial charge in [0, 0.05) is 24.7 Å². The molecule has 0 N–H and O–H groups in total. The SMILES string of the molecule is CC(Oc1ccc(Cl)cc1Br)C(=O)N1CCCN(C)CC1. The van der Waals surface area contributed by atoms with Crippen molar-refractivity contribution in [1.82, 2.24) is 9.80 Å². The predicted molar refractivity (Wildman–Crippen MR) is 87.9 cm³/mol. The van der Waals surface area contributed by atoms with Gasteiger partial charge in [-0.1, -0.05) is 11.6 Å². The molecule has 1 aliphatic rings. The van der Waals surface area contributed by atoms with Crippen LogP contribution in [-0.2, 0) is 4.79 Å². The van der Waals surface area contributed by atoms with Crippen LogP contribution in [0.3, 0.4) is 0 Å². The quantitative estimate of drug-likeness (QED) is 0.814. The summed E-state index contributed by atoms with van der Waals surface area (Å²) in [5.41, 5.74) is 0. The highest BCUT2D eigenvalue weighted by molar-refractivity contribution is 9.10. The summed E-state index contributed by atoms with van der Waals surface area (Å²) in [6.07, 6.45) is 0.491. The average Bonchev–Trinajstić information content (AvgIpc) is 2.66. The standard InChI is InChI=1S/C15H20BrClN2O2/c1-11(21-14-5-4-12(17)10-13(14)16)15(20)19-7-3-6-18(2)8-9-19/h4-5,10-11H,3,6-9H2,1-2H3. The molecule has 1 amide bonds. The second-order valence-corrected chi connectivity index (χ2v) is 6.61. The second-order valence-electron chi connectivity index (χ2n) is 5.32. The van der Waals surface area contributed by atoms with Gasteiger partial charge in [0.05, 0.1) is 4.47 Å². The van der Waals surface area contributed by atoms with Crippen LogP contribution in [0.25, 0.3) is 0 Å². The van der Waals surface area contributed by atoms with E-state index in [0.29, 0.717) is 10.8 Å². The first kappa shape index (κ1) is 16.6. The highest BCUT2D eigenvalue weighted by Crippen LogP contribution is 2.29. The van der Waals surface area contributed by atoms with Gasteiger partial charge in [0.2, 0.25) is 0 Å². The third kappa shape index (κ3) is 4.59. The lowest BCUT2D eigenvalue weighted by molar-refractivity contribution is -0.137. The highest BCUT2D eigenvalue weighted by Gasteiger charge is 2.24. The molecular weight excluding hydrogens is 356 g/mol. The number of amides is 1. The zero-order chi connectivity index (χ0) is 15.4. The number of hydrogen-bond donors (Lipinski definition) is 0. The Hall–Kier alpha value is -0.780. The zero-order valence-electron chi connectivity index (χ0n) is 12.3. The Balaban J connectivity index is 1.98. The molecule has 1 aromatic rings. The van der Waals surface area contributed by atoms with Gasteiger partial charge in [-0.25, -0.2) is 0 Å². The van der Waals surface area contributed by atoms with E-state index < -0.39 is 6.10 Å². The maximum atomic E-state index is 12.5. The lowest BCUT2D eigenvalue weighted by Crippen LogP contribution is -2.42. The van der Waals surface area contributed by atoms with Crippen LogP contribution in [0.5, 0.6) is 5.75 Å².